The van der Waals surface area contributed by atoms with Crippen molar-refractivity contribution in [1.29, 1.82) is 0 Å². The lowest BCUT2D eigenvalue weighted by atomic mass is 10.1. The predicted octanol–water partition coefficient (Wildman–Crippen LogP) is 1.01. The highest BCUT2D eigenvalue weighted by Crippen LogP contribution is 2.15. The monoisotopic (exact) mass is 301 g/mol. The van der Waals surface area contributed by atoms with Crippen LogP contribution in [-0.4, -0.2) is 35.6 Å². The number of aromatic amines is 1. The van der Waals surface area contributed by atoms with E-state index in [0.29, 0.717) is 48.6 Å². The van der Waals surface area contributed by atoms with Gasteiger partial charge in [0.05, 0.1) is 10.9 Å². The van der Waals surface area contributed by atoms with Crippen LogP contribution < -0.4 is 10.9 Å². The molecule has 2 heterocycles. The van der Waals surface area contributed by atoms with Crippen molar-refractivity contribution in [3.8, 4) is 0 Å². The molecule has 6 nitrogen and oxygen atoms in total. The standard InChI is InChI=1S/C16H19N3O3/c20-15(9-11-6-8-22-10-11)17-7-5-14-18-13-4-2-1-3-12(13)16(21)19-14/h1-4,11H,5-10H2,(H,17,20)(H,18,19,21). The lowest BCUT2D eigenvalue weighted by molar-refractivity contribution is -0.122. The Hall–Kier alpha value is -2.21. The summed E-state index contributed by atoms with van der Waals surface area (Å²) in [5.74, 6) is 0.949. The molecule has 1 aliphatic heterocycles. The first-order chi connectivity index (χ1) is 10.7. The SMILES string of the molecule is O=C(CC1CCOC1)NCCc1nc2ccccc2c(=O)[nH]1. The fourth-order valence-corrected chi connectivity index (χ4v) is 2.65. The maximum absolute atomic E-state index is 11.9. The number of hydrogen-bond donors (Lipinski definition) is 2. The Morgan fingerprint density at radius 1 is 1.41 bits per heavy atom. The first kappa shape index (κ1) is 14.7. The third-order valence-corrected chi connectivity index (χ3v) is 3.84. The number of ether oxygens (including phenoxy) is 1. The van der Waals surface area contributed by atoms with Crippen LogP contribution in [0.4, 0.5) is 0 Å². The van der Waals surface area contributed by atoms with Gasteiger partial charge in [-0.1, -0.05) is 12.1 Å². The highest BCUT2D eigenvalue weighted by molar-refractivity contribution is 5.77. The molecule has 1 aromatic carbocycles. The summed E-state index contributed by atoms with van der Waals surface area (Å²) in [5.41, 5.74) is 0.533. The van der Waals surface area contributed by atoms with Gasteiger partial charge in [-0.3, -0.25) is 9.59 Å². The highest BCUT2D eigenvalue weighted by atomic mass is 16.5. The molecule has 0 saturated carbocycles. The molecule has 6 heteroatoms. The summed E-state index contributed by atoms with van der Waals surface area (Å²) >= 11 is 0. The molecule has 3 rings (SSSR count). The van der Waals surface area contributed by atoms with Crippen molar-refractivity contribution in [3.05, 3.63) is 40.4 Å². The van der Waals surface area contributed by atoms with Gasteiger partial charge in [-0.2, -0.15) is 0 Å². The van der Waals surface area contributed by atoms with E-state index in [4.69, 9.17) is 4.74 Å². The molecule has 1 aliphatic rings. The molecule has 1 unspecified atom stereocenters. The Labute approximate surface area is 127 Å². The minimum atomic E-state index is -0.143. The lowest BCUT2D eigenvalue weighted by Crippen LogP contribution is -2.28. The fraction of sp³-hybridized carbons (Fsp3) is 0.438. The van der Waals surface area contributed by atoms with E-state index in [0.717, 1.165) is 13.0 Å². The average Bonchev–Trinajstić information content (AvgIpc) is 3.00. The molecule has 1 aromatic heterocycles. The Bertz CT molecular complexity index is 720. The largest absolute Gasteiger partial charge is 0.381 e. The number of carbonyl (C=O) groups is 1. The van der Waals surface area contributed by atoms with E-state index in [1.807, 2.05) is 18.2 Å². The van der Waals surface area contributed by atoms with Gasteiger partial charge in [-0.25, -0.2) is 4.98 Å². The van der Waals surface area contributed by atoms with Gasteiger partial charge in [0.2, 0.25) is 5.91 Å². The zero-order valence-electron chi connectivity index (χ0n) is 12.3. The summed E-state index contributed by atoms with van der Waals surface area (Å²) in [5, 5.41) is 3.45. The number of nitrogens with zero attached hydrogens (tertiary/aromatic N) is 1. The third-order valence-electron chi connectivity index (χ3n) is 3.84. The molecular weight excluding hydrogens is 282 g/mol. The van der Waals surface area contributed by atoms with Crippen LogP contribution in [0.15, 0.2) is 29.1 Å². The van der Waals surface area contributed by atoms with Gasteiger partial charge in [0.15, 0.2) is 0 Å². The van der Waals surface area contributed by atoms with Gasteiger partial charge >= 0.3 is 0 Å². The van der Waals surface area contributed by atoms with E-state index in [1.54, 1.807) is 6.07 Å². The van der Waals surface area contributed by atoms with Crippen molar-refractivity contribution in [1.82, 2.24) is 15.3 Å². The summed E-state index contributed by atoms with van der Waals surface area (Å²) in [4.78, 5) is 30.9. The molecule has 116 valence electrons. The lowest BCUT2D eigenvalue weighted by Gasteiger charge is -2.08. The van der Waals surface area contributed by atoms with Crippen LogP contribution in [-0.2, 0) is 16.0 Å². The molecule has 1 saturated heterocycles. The average molecular weight is 301 g/mol. The number of rotatable bonds is 5. The number of benzene rings is 1. The second-order valence-corrected chi connectivity index (χ2v) is 5.56. The van der Waals surface area contributed by atoms with Crippen LogP contribution in [0.25, 0.3) is 10.9 Å². The van der Waals surface area contributed by atoms with Gasteiger partial charge in [-0.05, 0) is 24.5 Å². The smallest absolute Gasteiger partial charge is 0.258 e. The Morgan fingerprint density at radius 2 is 2.27 bits per heavy atom. The van der Waals surface area contributed by atoms with E-state index < -0.39 is 0 Å². The summed E-state index contributed by atoms with van der Waals surface area (Å²) < 4.78 is 5.26. The van der Waals surface area contributed by atoms with Gasteiger partial charge in [0, 0.05) is 32.6 Å². The van der Waals surface area contributed by atoms with Gasteiger partial charge < -0.3 is 15.0 Å². The summed E-state index contributed by atoms with van der Waals surface area (Å²) in [7, 11) is 0. The number of H-pyrrole nitrogens is 1. The number of nitrogens with one attached hydrogen (secondary N) is 2. The summed E-state index contributed by atoms with van der Waals surface area (Å²) in [6.07, 6.45) is 1.96. The van der Waals surface area contributed by atoms with Gasteiger partial charge in [-0.15, -0.1) is 0 Å². The number of fused-ring (bicyclic) bond motifs is 1. The van der Waals surface area contributed by atoms with Crippen LogP contribution in [0.3, 0.4) is 0 Å². The number of para-hydroxylation sites is 1. The summed E-state index contributed by atoms with van der Waals surface area (Å²) in [6.45, 7) is 1.89. The van der Waals surface area contributed by atoms with Crippen LogP contribution in [0.5, 0.6) is 0 Å². The van der Waals surface area contributed by atoms with Crippen LogP contribution in [0.1, 0.15) is 18.7 Å². The van der Waals surface area contributed by atoms with E-state index in [-0.39, 0.29) is 11.5 Å². The molecular formula is C16H19N3O3. The Balaban J connectivity index is 1.55. The zero-order valence-corrected chi connectivity index (χ0v) is 12.3. The normalized spacial score (nSPS) is 17.7. The first-order valence-electron chi connectivity index (χ1n) is 7.55. The Morgan fingerprint density at radius 3 is 3.09 bits per heavy atom. The van der Waals surface area contributed by atoms with Crippen LogP contribution in [0, 0.1) is 5.92 Å². The molecule has 1 atom stereocenters. The van der Waals surface area contributed by atoms with Crippen molar-refractivity contribution in [2.75, 3.05) is 19.8 Å². The maximum Gasteiger partial charge on any atom is 0.258 e. The van der Waals surface area contributed by atoms with Crippen molar-refractivity contribution in [3.63, 3.8) is 0 Å². The summed E-state index contributed by atoms with van der Waals surface area (Å²) in [6, 6.07) is 7.22. The molecule has 1 amide bonds. The molecule has 1 fully saturated rings. The predicted molar refractivity (Wildman–Crippen MR) is 82.6 cm³/mol. The minimum Gasteiger partial charge on any atom is -0.381 e. The van der Waals surface area contributed by atoms with Crippen molar-refractivity contribution in [2.45, 2.75) is 19.3 Å². The van der Waals surface area contributed by atoms with E-state index >= 15 is 0 Å². The van der Waals surface area contributed by atoms with Gasteiger partial charge in [0.1, 0.15) is 5.82 Å². The van der Waals surface area contributed by atoms with Crippen molar-refractivity contribution >= 4 is 16.8 Å². The second-order valence-electron chi connectivity index (χ2n) is 5.56. The van der Waals surface area contributed by atoms with E-state index in [2.05, 4.69) is 15.3 Å². The minimum absolute atomic E-state index is 0.0265. The fourth-order valence-electron chi connectivity index (χ4n) is 2.65. The molecule has 0 bridgehead atoms. The number of amides is 1. The second kappa shape index (κ2) is 6.70. The van der Waals surface area contributed by atoms with Crippen molar-refractivity contribution in [2.24, 2.45) is 5.92 Å². The zero-order chi connectivity index (χ0) is 15.4. The number of hydrogen-bond acceptors (Lipinski definition) is 4. The molecule has 2 N–H and O–H groups in total. The number of carbonyl (C=O) groups excluding carboxylic acids is 1. The van der Waals surface area contributed by atoms with Crippen LogP contribution in [0.2, 0.25) is 0 Å². The maximum atomic E-state index is 11.9. The Kier molecular flexibility index (Phi) is 4.48. The third kappa shape index (κ3) is 3.51. The van der Waals surface area contributed by atoms with Gasteiger partial charge in [0.25, 0.3) is 5.56 Å². The van der Waals surface area contributed by atoms with E-state index in [9.17, 15) is 9.59 Å². The number of aromatic nitrogens is 2. The van der Waals surface area contributed by atoms with E-state index in [1.165, 1.54) is 0 Å². The molecule has 0 radical (unpaired) electrons. The first-order valence-corrected chi connectivity index (χ1v) is 7.55. The van der Waals surface area contributed by atoms with Crippen molar-refractivity contribution < 1.29 is 9.53 Å². The quantitative estimate of drug-likeness (QED) is 0.863. The highest BCUT2D eigenvalue weighted by Gasteiger charge is 2.18. The molecule has 22 heavy (non-hydrogen) atoms. The molecule has 0 spiro atoms. The molecule has 0 aliphatic carbocycles. The topological polar surface area (TPSA) is 84.1 Å². The molecule has 2 aromatic rings. The van der Waals surface area contributed by atoms with Crippen LogP contribution >= 0.6 is 0 Å².